The van der Waals surface area contributed by atoms with E-state index in [9.17, 15) is 5.11 Å². The average molecular weight is 202 g/mol. The van der Waals surface area contributed by atoms with Crippen molar-refractivity contribution in [2.45, 2.75) is 33.8 Å². The van der Waals surface area contributed by atoms with Gasteiger partial charge in [0.25, 0.3) is 0 Å². The summed E-state index contributed by atoms with van der Waals surface area (Å²) in [7, 11) is 2.06. The number of aliphatic hydroxyl groups is 1. The second-order valence-electron chi connectivity index (χ2n) is 5.22. The normalized spacial score (nSPS) is 14.8. The van der Waals surface area contributed by atoms with Crippen molar-refractivity contribution in [2.24, 2.45) is 5.41 Å². The van der Waals surface area contributed by atoms with Crippen LogP contribution in [0.3, 0.4) is 0 Å². The molecule has 0 aromatic heterocycles. The molecular weight excluding hydrogens is 176 g/mol. The van der Waals surface area contributed by atoms with Crippen molar-refractivity contribution >= 4 is 0 Å². The van der Waals surface area contributed by atoms with Gasteiger partial charge < -0.3 is 15.3 Å². The van der Waals surface area contributed by atoms with E-state index >= 15 is 0 Å². The standard InChI is InChI=1S/C11H26N2O/c1-6-12-7-10(14)8-13(5)9-11(2,3)4/h10,12,14H,6-9H2,1-5H3. The van der Waals surface area contributed by atoms with E-state index in [1.54, 1.807) is 0 Å². The van der Waals surface area contributed by atoms with Gasteiger partial charge in [-0.25, -0.2) is 0 Å². The highest BCUT2D eigenvalue weighted by Gasteiger charge is 2.15. The number of hydrogen-bond acceptors (Lipinski definition) is 3. The Morgan fingerprint density at radius 2 is 1.93 bits per heavy atom. The third-order valence-electron chi connectivity index (χ3n) is 1.90. The van der Waals surface area contributed by atoms with Crippen LogP contribution in [0.25, 0.3) is 0 Å². The van der Waals surface area contributed by atoms with Gasteiger partial charge in [-0.3, -0.25) is 0 Å². The third-order valence-corrected chi connectivity index (χ3v) is 1.90. The summed E-state index contributed by atoms with van der Waals surface area (Å²) in [4.78, 5) is 2.18. The van der Waals surface area contributed by atoms with E-state index in [2.05, 4.69) is 38.0 Å². The van der Waals surface area contributed by atoms with E-state index in [1.165, 1.54) is 0 Å². The molecule has 0 aromatic carbocycles. The van der Waals surface area contributed by atoms with Gasteiger partial charge >= 0.3 is 0 Å². The summed E-state index contributed by atoms with van der Waals surface area (Å²) < 4.78 is 0. The maximum absolute atomic E-state index is 9.64. The number of likely N-dealkylation sites (N-methyl/N-ethyl adjacent to an activating group) is 2. The topological polar surface area (TPSA) is 35.5 Å². The highest BCUT2D eigenvalue weighted by molar-refractivity contribution is 4.70. The lowest BCUT2D eigenvalue weighted by atomic mass is 9.96. The lowest BCUT2D eigenvalue weighted by molar-refractivity contribution is 0.107. The molecule has 1 atom stereocenters. The molecule has 0 radical (unpaired) electrons. The van der Waals surface area contributed by atoms with E-state index in [-0.39, 0.29) is 6.10 Å². The molecule has 0 saturated heterocycles. The van der Waals surface area contributed by atoms with E-state index in [0.29, 0.717) is 12.0 Å². The zero-order chi connectivity index (χ0) is 11.2. The fraction of sp³-hybridized carbons (Fsp3) is 1.00. The van der Waals surface area contributed by atoms with Crippen molar-refractivity contribution in [3.63, 3.8) is 0 Å². The lowest BCUT2D eigenvalue weighted by Gasteiger charge is -2.28. The fourth-order valence-corrected chi connectivity index (χ4v) is 1.61. The fourth-order valence-electron chi connectivity index (χ4n) is 1.61. The first-order chi connectivity index (χ1) is 6.35. The predicted molar refractivity (Wildman–Crippen MR) is 61.5 cm³/mol. The number of rotatable bonds is 6. The first-order valence-electron chi connectivity index (χ1n) is 5.42. The van der Waals surface area contributed by atoms with Crippen LogP contribution in [-0.2, 0) is 0 Å². The maximum atomic E-state index is 9.64. The molecule has 0 aliphatic heterocycles. The number of hydrogen-bond donors (Lipinski definition) is 2. The van der Waals surface area contributed by atoms with Crippen molar-refractivity contribution < 1.29 is 5.11 Å². The second-order valence-corrected chi connectivity index (χ2v) is 5.22. The molecular formula is C11H26N2O. The zero-order valence-electron chi connectivity index (χ0n) is 10.3. The highest BCUT2D eigenvalue weighted by Crippen LogP contribution is 2.13. The van der Waals surface area contributed by atoms with Gasteiger partial charge in [0.15, 0.2) is 0 Å². The van der Waals surface area contributed by atoms with Gasteiger partial charge in [0.05, 0.1) is 6.10 Å². The average Bonchev–Trinajstić information content (AvgIpc) is 1.96. The molecule has 1 unspecified atom stereocenters. The Balaban J connectivity index is 3.65. The first-order valence-corrected chi connectivity index (χ1v) is 5.42. The lowest BCUT2D eigenvalue weighted by Crippen LogP contribution is -2.39. The van der Waals surface area contributed by atoms with Gasteiger partial charge in [-0.1, -0.05) is 27.7 Å². The molecule has 3 heteroatoms. The Morgan fingerprint density at radius 1 is 1.36 bits per heavy atom. The molecule has 0 heterocycles. The Labute approximate surface area is 88.5 Å². The summed E-state index contributed by atoms with van der Waals surface area (Å²) in [6.07, 6.45) is -0.262. The summed E-state index contributed by atoms with van der Waals surface area (Å²) in [5.74, 6) is 0. The van der Waals surface area contributed by atoms with Crippen LogP contribution in [0.4, 0.5) is 0 Å². The minimum Gasteiger partial charge on any atom is -0.390 e. The molecule has 0 bridgehead atoms. The van der Waals surface area contributed by atoms with Gasteiger partial charge in [0.2, 0.25) is 0 Å². The second kappa shape index (κ2) is 6.38. The first kappa shape index (κ1) is 13.9. The van der Waals surface area contributed by atoms with Crippen molar-refractivity contribution in [1.29, 1.82) is 0 Å². The molecule has 0 aliphatic carbocycles. The van der Waals surface area contributed by atoms with Gasteiger partial charge in [-0.05, 0) is 19.0 Å². The Morgan fingerprint density at radius 3 is 2.36 bits per heavy atom. The number of nitrogens with one attached hydrogen (secondary N) is 1. The molecule has 0 aliphatic rings. The molecule has 14 heavy (non-hydrogen) atoms. The largest absolute Gasteiger partial charge is 0.390 e. The van der Waals surface area contributed by atoms with Crippen LogP contribution in [-0.4, -0.2) is 49.3 Å². The van der Waals surface area contributed by atoms with Crippen molar-refractivity contribution in [1.82, 2.24) is 10.2 Å². The predicted octanol–water partition coefficient (Wildman–Crippen LogP) is 0.935. The van der Waals surface area contributed by atoms with Crippen LogP contribution in [0.5, 0.6) is 0 Å². The number of aliphatic hydroxyl groups excluding tert-OH is 1. The van der Waals surface area contributed by atoms with Crippen LogP contribution in [0.1, 0.15) is 27.7 Å². The van der Waals surface area contributed by atoms with E-state index in [4.69, 9.17) is 0 Å². The summed E-state index contributed by atoms with van der Waals surface area (Å²) in [5.41, 5.74) is 0.298. The Kier molecular flexibility index (Phi) is 6.33. The molecule has 0 aromatic rings. The molecule has 0 spiro atoms. The molecule has 0 saturated carbocycles. The minimum absolute atomic E-state index is 0.262. The van der Waals surface area contributed by atoms with Crippen LogP contribution in [0.15, 0.2) is 0 Å². The summed E-state index contributed by atoms with van der Waals surface area (Å²) >= 11 is 0. The molecule has 86 valence electrons. The maximum Gasteiger partial charge on any atom is 0.0791 e. The van der Waals surface area contributed by atoms with Crippen LogP contribution in [0, 0.1) is 5.41 Å². The Hall–Kier alpha value is -0.120. The smallest absolute Gasteiger partial charge is 0.0791 e. The van der Waals surface area contributed by atoms with Gasteiger partial charge in [0.1, 0.15) is 0 Å². The van der Waals surface area contributed by atoms with E-state index < -0.39 is 0 Å². The monoisotopic (exact) mass is 202 g/mol. The molecule has 0 fully saturated rings. The van der Waals surface area contributed by atoms with Crippen molar-refractivity contribution in [2.75, 3.05) is 33.2 Å². The minimum atomic E-state index is -0.262. The van der Waals surface area contributed by atoms with Crippen LogP contribution >= 0.6 is 0 Å². The summed E-state index contributed by atoms with van der Waals surface area (Å²) in [6.45, 7) is 12.0. The van der Waals surface area contributed by atoms with Gasteiger partial charge in [-0.15, -0.1) is 0 Å². The summed E-state index contributed by atoms with van der Waals surface area (Å²) in [6, 6.07) is 0. The Bertz CT molecular complexity index is 143. The summed E-state index contributed by atoms with van der Waals surface area (Å²) in [5, 5.41) is 12.8. The van der Waals surface area contributed by atoms with Crippen molar-refractivity contribution in [3.05, 3.63) is 0 Å². The van der Waals surface area contributed by atoms with Gasteiger partial charge in [0, 0.05) is 19.6 Å². The highest BCUT2D eigenvalue weighted by atomic mass is 16.3. The van der Waals surface area contributed by atoms with Gasteiger partial charge in [-0.2, -0.15) is 0 Å². The molecule has 2 N–H and O–H groups in total. The molecule has 3 nitrogen and oxygen atoms in total. The van der Waals surface area contributed by atoms with E-state index in [1.807, 2.05) is 6.92 Å². The quantitative estimate of drug-likeness (QED) is 0.673. The van der Waals surface area contributed by atoms with E-state index in [0.717, 1.165) is 19.6 Å². The SMILES string of the molecule is CCNCC(O)CN(C)CC(C)(C)C. The van der Waals surface area contributed by atoms with Crippen molar-refractivity contribution in [3.8, 4) is 0 Å². The molecule has 0 amide bonds. The van der Waals surface area contributed by atoms with Crippen LogP contribution in [0.2, 0.25) is 0 Å². The number of nitrogens with zero attached hydrogens (tertiary/aromatic N) is 1. The third kappa shape index (κ3) is 8.48. The van der Waals surface area contributed by atoms with Crippen LogP contribution < -0.4 is 5.32 Å². The molecule has 0 rings (SSSR count). The zero-order valence-corrected chi connectivity index (χ0v) is 10.3.